The standard InChI is InChI=1S/C10H19N3.C2H6/c1-4-5-6-7-13-9-8-12(3)10(13)11-2;1-2/h5-6H,4,7-9H2,1-3H3;1-2H3/b6-5+,11-10?;. The Labute approximate surface area is 94.5 Å². The molecule has 0 aliphatic carbocycles. The van der Waals surface area contributed by atoms with Gasteiger partial charge in [-0.25, -0.2) is 0 Å². The summed E-state index contributed by atoms with van der Waals surface area (Å²) < 4.78 is 0. The zero-order valence-electron chi connectivity index (χ0n) is 10.8. The van der Waals surface area contributed by atoms with Gasteiger partial charge in [-0.05, 0) is 6.42 Å². The summed E-state index contributed by atoms with van der Waals surface area (Å²) in [5.41, 5.74) is 0. The molecule has 0 radical (unpaired) electrons. The van der Waals surface area contributed by atoms with Crippen molar-refractivity contribution in [2.45, 2.75) is 27.2 Å². The number of rotatable bonds is 3. The lowest BCUT2D eigenvalue weighted by Crippen LogP contribution is -2.31. The van der Waals surface area contributed by atoms with Crippen LogP contribution in [0.1, 0.15) is 27.2 Å². The smallest absolute Gasteiger partial charge is 0.196 e. The summed E-state index contributed by atoms with van der Waals surface area (Å²) in [5, 5.41) is 0. The molecule has 0 atom stereocenters. The zero-order valence-corrected chi connectivity index (χ0v) is 10.8. The lowest BCUT2D eigenvalue weighted by atomic mass is 10.4. The lowest BCUT2D eigenvalue weighted by Gasteiger charge is -2.18. The van der Waals surface area contributed by atoms with Crippen LogP contribution in [0.5, 0.6) is 0 Å². The van der Waals surface area contributed by atoms with Crippen molar-refractivity contribution in [3.63, 3.8) is 0 Å². The summed E-state index contributed by atoms with van der Waals surface area (Å²) in [6.45, 7) is 9.33. The van der Waals surface area contributed by atoms with Gasteiger partial charge in [-0.2, -0.15) is 0 Å². The fourth-order valence-electron chi connectivity index (χ4n) is 1.57. The summed E-state index contributed by atoms with van der Waals surface area (Å²) in [5.74, 6) is 1.11. The molecule has 0 amide bonds. The van der Waals surface area contributed by atoms with E-state index >= 15 is 0 Å². The maximum Gasteiger partial charge on any atom is 0.196 e. The van der Waals surface area contributed by atoms with Crippen LogP contribution in [-0.2, 0) is 0 Å². The van der Waals surface area contributed by atoms with E-state index in [0.717, 1.165) is 32.0 Å². The Bertz CT molecular complexity index is 209. The van der Waals surface area contributed by atoms with Crippen molar-refractivity contribution in [2.75, 3.05) is 33.7 Å². The summed E-state index contributed by atoms with van der Waals surface area (Å²) in [4.78, 5) is 8.76. The molecule has 15 heavy (non-hydrogen) atoms. The van der Waals surface area contributed by atoms with Crippen molar-refractivity contribution in [1.82, 2.24) is 9.80 Å². The average molecular weight is 211 g/mol. The van der Waals surface area contributed by atoms with Crippen LogP contribution in [0.4, 0.5) is 0 Å². The van der Waals surface area contributed by atoms with Crippen LogP contribution in [0.25, 0.3) is 0 Å². The zero-order chi connectivity index (χ0) is 11.7. The van der Waals surface area contributed by atoms with Gasteiger partial charge in [0.2, 0.25) is 0 Å². The highest BCUT2D eigenvalue weighted by Gasteiger charge is 2.20. The van der Waals surface area contributed by atoms with E-state index in [4.69, 9.17) is 0 Å². The highest BCUT2D eigenvalue weighted by atomic mass is 15.4. The van der Waals surface area contributed by atoms with Gasteiger partial charge >= 0.3 is 0 Å². The predicted octanol–water partition coefficient (Wildman–Crippen LogP) is 2.21. The monoisotopic (exact) mass is 211 g/mol. The molecule has 0 aromatic rings. The summed E-state index contributed by atoms with van der Waals surface area (Å²) in [6, 6.07) is 0. The van der Waals surface area contributed by atoms with Crippen molar-refractivity contribution < 1.29 is 0 Å². The third-order valence-electron chi connectivity index (χ3n) is 2.26. The molecule has 1 aliphatic heterocycles. The molecular weight excluding hydrogens is 186 g/mol. The Morgan fingerprint density at radius 2 is 1.93 bits per heavy atom. The van der Waals surface area contributed by atoms with Crippen LogP contribution < -0.4 is 0 Å². The minimum Gasteiger partial charge on any atom is -0.344 e. The molecule has 88 valence electrons. The van der Waals surface area contributed by atoms with Gasteiger partial charge in [0.15, 0.2) is 5.96 Å². The Morgan fingerprint density at radius 3 is 2.47 bits per heavy atom. The first-order valence-corrected chi connectivity index (χ1v) is 5.87. The van der Waals surface area contributed by atoms with Gasteiger partial charge < -0.3 is 9.80 Å². The van der Waals surface area contributed by atoms with Crippen molar-refractivity contribution in [1.29, 1.82) is 0 Å². The second kappa shape index (κ2) is 8.33. The Hall–Kier alpha value is -0.990. The third kappa shape index (κ3) is 4.36. The van der Waals surface area contributed by atoms with Crippen molar-refractivity contribution >= 4 is 5.96 Å². The van der Waals surface area contributed by atoms with E-state index in [1.165, 1.54) is 0 Å². The number of likely N-dealkylation sites (N-methyl/N-ethyl adjacent to an activating group) is 1. The van der Waals surface area contributed by atoms with Crippen LogP contribution in [-0.4, -0.2) is 49.5 Å². The molecule has 0 unspecified atom stereocenters. The number of aliphatic imine (C=N–C) groups is 1. The van der Waals surface area contributed by atoms with Gasteiger partial charge in [-0.1, -0.05) is 32.9 Å². The van der Waals surface area contributed by atoms with Crippen molar-refractivity contribution in [3.05, 3.63) is 12.2 Å². The molecule has 0 saturated carbocycles. The van der Waals surface area contributed by atoms with Crippen LogP contribution in [0.15, 0.2) is 17.1 Å². The Kier molecular flexibility index (Phi) is 7.78. The van der Waals surface area contributed by atoms with Gasteiger partial charge in [0, 0.05) is 33.7 Å². The fourth-order valence-corrected chi connectivity index (χ4v) is 1.57. The van der Waals surface area contributed by atoms with E-state index in [1.54, 1.807) is 0 Å². The van der Waals surface area contributed by atoms with Crippen LogP contribution >= 0.6 is 0 Å². The maximum absolute atomic E-state index is 4.26. The largest absolute Gasteiger partial charge is 0.344 e. The quantitative estimate of drug-likeness (QED) is 0.667. The molecule has 0 bridgehead atoms. The first-order valence-electron chi connectivity index (χ1n) is 5.87. The highest BCUT2D eigenvalue weighted by molar-refractivity contribution is 5.81. The molecule has 0 spiro atoms. The molecule has 1 aliphatic rings. The molecular formula is C12H25N3. The van der Waals surface area contributed by atoms with Gasteiger partial charge in [0.1, 0.15) is 0 Å². The van der Waals surface area contributed by atoms with Gasteiger partial charge in [0.05, 0.1) is 0 Å². The van der Waals surface area contributed by atoms with Crippen LogP contribution in [0, 0.1) is 0 Å². The summed E-state index contributed by atoms with van der Waals surface area (Å²) in [6.07, 6.45) is 5.53. The summed E-state index contributed by atoms with van der Waals surface area (Å²) in [7, 11) is 3.94. The van der Waals surface area contributed by atoms with E-state index in [1.807, 2.05) is 20.9 Å². The van der Waals surface area contributed by atoms with Crippen LogP contribution in [0.3, 0.4) is 0 Å². The van der Waals surface area contributed by atoms with E-state index < -0.39 is 0 Å². The van der Waals surface area contributed by atoms with Gasteiger partial charge in [0.25, 0.3) is 0 Å². The Balaban J connectivity index is 0.000000921. The Morgan fingerprint density at radius 1 is 1.27 bits per heavy atom. The highest BCUT2D eigenvalue weighted by Crippen LogP contribution is 2.05. The van der Waals surface area contributed by atoms with Crippen molar-refractivity contribution in [2.24, 2.45) is 4.99 Å². The topological polar surface area (TPSA) is 18.8 Å². The molecule has 3 nitrogen and oxygen atoms in total. The maximum atomic E-state index is 4.26. The molecule has 0 aromatic heterocycles. The van der Waals surface area contributed by atoms with E-state index in [2.05, 4.69) is 40.9 Å². The van der Waals surface area contributed by atoms with E-state index in [0.29, 0.717) is 0 Å². The van der Waals surface area contributed by atoms with Gasteiger partial charge in [-0.3, -0.25) is 4.99 Å². The molecule has 0 N–H and O–H groups in total. The molecule has 1 rings (SSSR count). The molecule has 3 heteroatoms. The number of nitrogens with zero attached hydrogens (tertiary/aromatic N) is 3. The number of allylic oxidation sites excluding steroid dienone is 1. The number of hydrogen-bond donors (Lipinski definition) is 0. The average Bonchev–Trinajstić information content (AvgIpc) is 2.63. The SMILES string of the molecule is CC.CC/C=C/CN1CCN(C)C1=NC. The second-order valence-electron chi connectivity index (χ2n) is 3.27. The molecule has 1 saturated heterocycles. The van der Waals surface area contributed by atoms with Crippen LogP contribution in [0.2, 0.25) is 0 Å². The number of hydrogen-bond acceptors (Lipinski definition) is 1. The normalized spacial score (nSPS) is 18.6. The fraction of sp³-hybridized carbons (Fsp3) is 0.750. The molecule has 1 fully saturated rings. The van der Waals surface area contributed by atoms with E-state index in [-0.39, 0.29) is 0 Å². The molecule has 1 heterocycles. The van der Waals surface area contributed by atoms with Crippen molar-refractivity contribution in [3.8, 4) is 0 Å². The third-order valence-corrected chi connectivity index (χ3v) is 2.26. The first kappa shape index (κ1) is 14.0. The molecule has 0 aromatic carbocycles. The minimum absolute atomic E-state index is 0.991. The van der Waals surface area contributed by atoms with Gasteiger partial charge in [-0.15, -0.1) is 0 Å². The lowest BCUT2D eigenvalue weighted by molar-refractivity contribution is 0.511. The van der Waals surface area contributed by atoms with E-state index in [9.17, 15) is 0 Å². The summed E-state index contributed by atoms with van der Waals surface area (Å²) >= 11 is 0. The predicted molar refractivity (Wildman–Crippen MR) is 68.3 cm³/mol. The second-order valence-corrected chi connectivity index (χ2v) is 3.27. The number of guanidine groups is 1. The first-order chi connectivity index (χ1) is 7.29. The minimum atomic E-state index is 0.991.